The van der Waals surface area contributed by atoms with Gasteiger partial charge in [0, 0.05) is 20.1 Å². The summed E-state index contributed by atoms with van der Waals surface area (Å²) in [5, 5.41) is 11.3. The van der Waals surface area contributed by atoms with Gasteiger partial charge < -0.3 is 10.5 Å². The molecule has 0 saturated carbocycles. The Labute approximate surface area is 77.1 Å². The molecule has 0 unspecified atom stereocenters. The average Bonchev–Trinajstić information content (AvgIpc) is 2.59. The SMILES string of the molecule is COCCc1nnnn1CCCN. The Balaban J connectivity index is 2.45. The molecule has 0 amide bonds. The van der Waals surface area contributed by atoms with Crippen molar-refractivity contribution in [2.24, 2.45) is 5.73 Å². The first-order chi connectivity index (χ1) is 6.38. The van der Waals surface area contributed by atoms with Crippen molar-refractivity contribution >= 4 is 0 Å². The monoisotopic (exact) mass is 185 g/mol. The van der Waals surface area contributed by atoms with Crippen molar-refractivity contribution in [2.45, 2.75) is 19.4 Å². The standard InChI is InChI=1S/C7H15N5O/c1-13-6-3-7-9-10-11-12(7)5-2-4-8/h2-6,8H2,1H3. The number of nitrogens with zero attached hydrogens (tertiary/aromatic N) is 4. The van der Waals surface area contributed by atoms with Gasteiger partial charge in [0.25, 0.3) is 0 Å². The molecular formula is C7H15N5O. The predicted molar refractivity (Wildman–Crippen MR) is 47.1 cm³/mol. The summed E-state index contributed by atoms with van der Waals surface area (Å²) in [5.74, 6) is 0.857. The van der Waals surface area contributed by atoms with Crippen LogP contribution in [-0.2, 0) is 17.7 Å². The number of tetrazole rings is 1. The zero-order valence-electron chi connectivity index (χ0n) is 7.81. The number of rotatable bonds is 6. The van der Waals surface area contributed by atoms with Crippen molar-refractivity contribution in [3.63, 3.8) is 0 Å². The summed E-state index contributed by atoms with van der Waals surface area (Å²) in [6.45, 7) is 2.08. The Morgan fingerprint density at radius 1 is 1.54 bits per heavy atom. The molecule has 1 rings (SSSR count). The van der Waals surface area contributed by atoms with Crippen molar-refractivity contribution < 1.29 is 4.74 Å². The Bertz CT molecular complexity index is 214. The molecule has 1 aromatic heterocycles. The minimum absolute atomic E-state index is 0.642. The van der Waals surface area contributed by atoms with Crippen molar-refractivity contribution in [1.29, 1.82) is 0 Å². The van der Waals surface area contributed by atoms with Gasteiger partial charge in [0.1, 0.15) is 0 Å². The van der Waals surface area contributed by atoms with E-state index in [4.69, 9.17) is 10.5 Å². The van der Waals surface area contributed by atoms with E-state index in [9.17, 15) is 0 Å². The lowest BCUT2D eigenvalue weighted by Crippen LogP contribution is -2.11. The molecule has 0 aliphatic carbocycles. The van der Waals surface area contributed by atoms with Crippen molar-refractivity contribution in [1.82, 2.24) is 20.2 Å². The summed E-state index contributed by atoms with van der Waals surface area (Å²) in [7, 11) is 1.66. The average molecular weight is 185 g/mol. The number of aromatic nitrogens is 4. The van der Waals surface area contributed by atoms with Crippen LogP contribution in [0.15, 0.2) is 0 Å². The molecular weight excluding hydrogens is 170 g/mol. The largest absolute Gasteiger partial charge is 0.384 e. The lowest BCUT2D eigenvalue weighted by molar-refractivity contribution is 0.199. The van der Waals surface area contributed by atoms with Gasteiger partial charge in [-0.15, -0.1) is 5.10 Å². The summed E-state index contributed by atoms with van der Waals surface area (Å²) >= 11 is 0. The molecule has 74 valence electrons. The first kappa shape index (κ1) is 10.1. The third-order valence-corrected chi connectivity index (χ3v) is 1.71. The van der Waals surface area contributed by atoms with E-state index < -0.39 is 0 Å². The van der Waals surface area contributed by atoms with E-state index >= 15 is 0 Å². The summed E-state index contributed by atoms with van der Waals surface area (Å²) in [5.41, 5.74) is 5.39. The van der Waals surface area contributed by atoms with Crippen molar-refractivity contribution in [3.8, 4) is 0 Å². The first-order valence-corrected chi connectivity index (χ1v) is 4.32. The van der Waals surface area contributed by atoms with Crippen LogP contribution in [0.4, 0.5) is 0 Å². The van der Waals surface area contributed by atoms with E-state index in [0.29, 0.717) is 13.2 Å². The van der Waals surface area contributed by atoms with E-state index in [2.05, 4.69) is 15.5 Å². The molecule has 0 fully saturated rings. The highest BCUT2D eigenvalue weighted by molar-refractivity contribution is 4.80. The number of ether oxygens (including phenoxy) is 1. The molecule has 0 aromatic carbocycles. The third kappa shape index (κ3) is 3.08. The van der Waals surface area contributed by atoms with Crippen molar-refractivity contribution in [3.05, 3.63) is 5.82 Å². The van der Waals surface area contributed by atoms with Gasteiger partial charge in [0.05, 0.1) is 6.61 Å². The molecule has 0 atom stereocenters. The molecule has 0 radical (unpaired) electrons. The maximum atomic E-state index is 5.39. The van der Waals surface area contributed by atoms with Gasteiger partial charge >= 0.3 is 0 Å². The van der Waals surface area contributed by atoms with Crippen LogP contribution in [0, 0.1) is 0 Å². The number of aryl methyl sites for hydroxylation is 1. The van der Waals surface area contributed by atoms with Gasteiger partial charge in [-0.25, -0.2) is 4.68 Å². The highest BCUT2D eigenvalue weighted by Gasteiger charge is 2.03. The van der Waals surface area contributed by atoms with Crippen LogP contribution in [0.25, 0.3) is 0 Å². The summed E-state index contributed by atoms with van der Waals surface area (Å²) in [6.07, 6.45) is 1.64. The fraction of sp³-hybridized carbons (Fsp3) is 0.857. The first-order valence-electron chi connectivity index (χ1n) is 4.32. The van der Waals surface area contributed by atoms with Crippen LogP contribution < -0.4 is 5.73 Å². The Hall–Kier alpha value is -1.01. The normalized spacial score (nSPS) is 10.6. The van der Waals surface area contributed by atoms with Gasteiger partial charge in [0.15, 0.2) is 5.82 Å². The zero-order chi connectivity index (χ0) is 9.52. The predicted octanol–water partition coefficient (Wildman–Crippen LogP) is -0.789. The lowest BCUT2D eigenvalue weighted by atomic mass is 10.4. The van der Waals surface area contributed by atoms with Gasteiger partial charge in [0.2, 0.25) is 0 Å². The van der Waals surface area contributed by atoms with Crippen LogP contribution in [0.5, 0.6) is 0 Å². The Morgan fingerprint density at radius 2 is 2.38 bits per heavy atom. The fourth-order valence-electron chi connectivity index (χ4n) is 1.01. The molecule has 1 heterocycles. The summed E-state index contributed by atoms with van der Waals surface area (Å²) in [4.78, 5) is 0. The lowest BCUT2D eigenvalue weighted by Gasteiger charge is -2.02. The second-order valence-corrected chi connectivity index (χ2v) is 2.70. The van der Waals surface area contributed by atoms with Gasteiger partial charge in [-0.05, 0) is 23.4 Å². The van der Waals surface area contributed by atoms with Gasteiger partial charge in [-0.3, -0.25) is 0 Å². The maximum Gasteiger partial charge on any atom is 0.153 e. The van der Waals surface area contributed by atoms with E-state index in [1.165, 1.54) is 0 Å². The van der Waals surface area contributed by atoms with Crippen molar-refractivity contribution in [2.75, 3.05) is 20.3 Å². The fourth-order valence-corrected chi connectivity index (χ4v) is 1.01. The van der Waals surface area contributed by atoms with Crippen LogP contribution in [0.3, 0.4) is 0 Å². The van der Waals surface area contributed by atoms with E-state index in [0.717, 1.165) is 25.2 Å². The quantitative estimate of drug-likeness (QED) is 0.628. The summed E-state index contributed by atoms with van der Waals surface area (Å²) < 4.78 is 6.71. The topological polar surface area (TPSA) is 78.9 Å². The molecule has 2 N–H and O–H groups in total. The molecule has 0 bridgehead atoms. The van der Waals surface area contributed by atoms with Crippen LogP contribution >= 0.6 is 0 Å². The van der Waals surface area contributed by atoms with Crippen LogP contribution in [-0.4, -0.2) is 40.5 Å². The number of hydrogen-bond acceptors (Lipinski definition) is 5. The Kier molecular flexibility index (Phi) is 4.34. The van der Waals surface area contributed by atoms with E-state index in [-0.39, 0.29) is 0 Å². The highest BCUT2D eigenvalue weighted by Crippen LogP contribution is 1.95. The van der Waals surface area contributed by atoms with Crippen LogP contribution in [0.2, 0.25) is 0 Å². The maximum absolute atomic E-state index is 5.39. The second-order valence-electron chi connectivity index (χ2n) is 2.70. The molecule has 1 aromatic rings. The Morgan fingerprint density at radius 3 is 3.08 bits per heavy atom. The smallest absolute Gasteiger partial charge is 0.153 e. The zero-order valence-corrected chi connectivity index (χ0v) is 7.81. The van der Waals surface area contributed by atoms with Gasteiger partial charge in [-0.2, -0.15) is 0 Å². The molecule has 13 heavy (non-hydrogen) atoms. The minimum Gasteiger partial charge on any atom is -0.384 e. The van der Waals surface area contributed by atoms with E-state index in [1.807, 2.05) is 0 Å². The third-order valence-electron chi connectivity index (χ3n) is 1.71. The minimum atomic E-state index is 0.642. The number of hydrogen-bond donors (Lipinski definition) is 1. The highest BCUT2D eigenvalue weighted by atomic mass is 16.5. The van der Waals surface area contributed by atoms with Crippen LogP contribution in [0.1, 0.15) is 12.2 Å². The second kappa shape index (κ2) is 5.60. The number of nitrogens with two attached hydrogens (primary N) is 1. The number of methoxy groups -OCH3 is 1. The molecule has 0 saturated heterocycles. The molecule has 0 aliphatic heterocycles. The van der Waals surface area contributed by atoms with E-state index in [1.54, 1.807) is 11.8 Å². The molecule has 6 heteroatoms. The molecule has 6 nitrogen and oxygen atoms in total. The van der Waals surface area contributed by atoms with Gasteiger partial charge in [-0.1, -0.05) is 0 Å². The molecule has 0 aliphatic rings. The molecule has 0 spiro atoms. The summed E-state index contributed by atoms with van der Waals surface area (Å²) in [6, 6.07) is 0.